The minimum atomic E-state index is -0.746. The second kappa shape index (κ2) is 5.36. The molecule has 0 fully saturated rings. The van der Waals surface area contributed by atoms with Gasteiger partial charge in [-0.3, -0.25) is 5.01 Å². The number of urea groups is 1. The Balaban J connectivity index is 3.76. The summed E-state index contributed by atoms with van der Waals surface area (Å²) in [6.45, 7) is 1.90. The molecule has 0 rings (SSSR count). The topological polar surface area (TPSA) is 70.7 Å². The molecule has 0 spiro atoms. The van der Waals surface area contributed by atoms with Gasteiger partial charge in [-0.25, -0.2) is 20.3 Å². The maximum absolute atomic E-state index is 10.9. The number of alkyl carbamates (subject to hydrolysis) is 1. The number of nitrogens with zero attached hydrogens (tertiary/aromatic N) is 1. The lowest BCUT2D eigenvalue weighted by Crippen LogP contribution is -2.46. The molecule has 3 amide bonds. The van der Waals surface area contributed by atoms with Gasteiger partial charge in [0.25, 0.3) is 0 Å². The maximum Gasteiger partial charge on any atom is 0.415 e. The predicted octanol–water partition coefficient (Wildman–Crippen LogP) is -0.0813. The lowest BCUT2D eigenvalue weighted by Gasteiger charge is -2.14. The first-order valence-electron chi connectivity index (χ1n) is 3.50. The van der Waals surface area contributed by atoms with Gasteiger partial charge in [-0.2, -0.15) is 0 Å². The molecule has 0 heterocycles. The molecule has 0 unspecified atom stereocenters. The van der Waals surface area contributed by atoms with Crippen molar-refractivity contribution in [1.29, 1.82) is 0 Å². The van der Waals surface area contributed by atoms with E-state index in [4.69, 9.17) is 0 Å². The third kappa shape index (κ3) is 3.77. The van der Waals surface area contributed by atoms with Gasteiger partial charge in [0.15, 0.2) is 0 Å². The highest BCUT2D eigenvalue weighted by atomic mass is 16.5. The maximum atomic E-state index is 10.9. The molecule has 0 aromatic heterocycles. The number of nitrogens with one attached hydrogen (secondary N) is 2. The first-order chi connectivity index (χ1) is 5.61. The first-order valence-corrected chi connectivity index (χ1v) is 3.50. The van der Waals surface area contributed by atoms with E-state index in [9.17, 15) is 9.59 Å². The van der Waals surface area contributed by atoms with Crippen LogP contribution in [-0.4, -0.2) is 37.8 Å². The van der Waals surface area contributed by atoms with Gasteiger partial charge >= 0.3 is 12.1 Å². The van der Waals surface area contributed by atoms with Crippen LogP contribution in [0.25, 0.3) is 0 Å². The summed E-state index contributed by atoms with van der Waals surface area (Å²) in [6.07, 6.45) is -0.746. The quantitative estimate of drug-likeness (QED) is 0.576. The Bertz CT molecular complexity index is 171. The largest absolute Gasteiger partial charge is 0.450 e. The highest BCUT2D eigenvalue weighted by Gasteiger charge is 2.10. The van der Waals surface area contributed by atoms with Gasteiger partial charge in [0, 0.05) is 14.1 Å². The van der Waals surface area contributed by atoms with Gasteiger partial charge in [0.2, 0.25) is 0 Å². The monoisotopic (exact) mass is 175 g/mol. The third-order valence-electron chi connectivity index (χ3n) is 1.12. The van der Waals surface area contributed by atoms with E-state index in [0.29, 0.717) is 0 Å². The number of hydrazine groups is 1. The summed E-state index contributed by atoms with van der Waals surface area (Å²) >= 11 is 0. The van der Waals surface area contributed by atoms with Gasteiger partial charge < -0.3 is 4.74 Å². The molecule has 0 aromatic rings. The van der Waals surface area contributed by atoms with Crippen LogP contribution < -0.4 is 10.7 Å². The van der Waals surface area contributed by atoms with Gasteiger partial charge in [-0.15, -0.1) is 0 Å². The standard InChI is InChI=1S/C6H13N3O3/c1-4-12-6(11)8-5(10)9(3)7-2/h7H,4H2,1-3H3,(H,8,10,11). The normalized spacial score (nSPS) is 8.92. The Kier molecular flexibility index (Phi) is 4.78. The highest BCUT2D eigenvalue weighted by molar-refractivity contribution is 5.90. The molecular formula is C6H13N3O3. The molecule has 0 aliphatic rings. The number of rotatable bonds is 2. The second-order valence-corrected chi connectivity index (χ2v) is 1.93. The summed E-state index contributed by atoms with van der Waals surface area (Å²) in [5, 5.41) is 3.12. The predicted molar refractivity (Wildman–Crippen MR) is 42.4 cm³/mol. The van der Waals surface area contributed by atoms with Crippen molar-refractivity contribution >= 4 is 12.1 Å². The third-order valence-corrected chi connectivity index (χ3v) is 1.12. The molecule has 0 atom stereocenters. The smallest absolute Gasteiger partial charge is 0.415 e. The molecule has 12 heavy (non-hydrogen) atoms. The van der Waals surface area contributed by atoms with Gasteiger partial charge in [0.1, 0.15) is 0 Å². The Morgan fingerprint density at radius 3 is 2.50 bits per heavy atom. The number of imide groups is 1. The lowest BCUT2D eigenvalue weighted by molar-refractivity contribution is 0.145. The fourth-order valence-corrected chi connectivity index (χ4v) is 0.440. The molecule has 0 aliphatic heterocycles. The van der Waals surface area contributed by atoms with Crippen molar-refractivity contribution in [2.24, 2.45) is 0 Å². The van der Waals surface area contributed by atoms with E-state index in [0.717, 1.165) is 5.01 Å². The molecule has 6 heteroatoms. The molecule has 6 nitrogen and oxygen atoms in total. The SMILES string of the molecule is CCOC(=O)NC(=O)N(C)NC. The van der Waals surface area contributed by atoms with Crippen molar-refractivity contribution in [3.8, 4) is 0 Å². The number of ether oxygens (including phenoxy) is 1. The van der Waals surface area contributed by atoms with Crippen LogP contribution in [0, 0.1) is 0 Å². The summed E-state index contributed by atoms with van der Waals surface area (Å²) in [6, 6.07) is -0.559. The zero-order chi connectivity index (χ0) is 9.56. The summed E-state index contributed by atoms with van der Waals surface area (Å²) in [5.74, 6) is 0. The van der Waals surface area contributed by atoms with E-state index in [1.807, 2.05) is 5.32 Å². The van der Waals surface area contributed by atoms with Crippen LogP contribution in [0.3, 0.4) is 0 Å². The van der Waals surface area contributed by atoms with E-state index in [-0.39, 0.29) is 6.61 Å². The number of amides is 3. The number of hydrogen-bond acceptors (Lipinski definition) is 4. The van der Waals surface area contributed by atoms with Crippen LogP contribution >= 0.6 is 0 Å². The fourth-order valence-electron chi connectivity index (χ4n) is 0.440. The molecule has 70 valence electrons. The van der Waals surface area contributed by atoms with Crippen molar-refractivity contribution in [3.05, 3.63) is 0 Å². The number of carbonyl (C=O) groups is 2. The number of hydrogen-bond donors (Lipinski definition) is 2. The molecule has 0 aliphatic carbocycles. The van der Waals surface area contributed by atoms with Crippen molar-refractivity contribution in [3.63, 3.8) is 0 Å². The van der Waals surface area contributed by atoms with Crippen LogP contribution in [0.15, 0.2) is 0 Å². The zero-order valence-electron chi connectivity index (χ0n) is 7.38. The van der Waals surface area contributed by atoms with Gasteiger partial charge in [-0.1, -0.05) is 0 Å². The summed E-state index contributed by atoms with van der Waals surface area (Å²) in [7, 11) is 3.04. The molecule has 0 saturated heterocycles. The number of carbonyl (C=O) groups excluding carboxylic acids is 2. The summed E-state index contributed by atoms with van der Waals surface area (Å²) in [5.41, 5.74) is 2.53. The lowest BCUT2D eigenvalue weighted by atomic mass is 10.8. The fraction of sp³-hybridized carbons (Fsp3) is 0.667. The molecule has 0 radical (unpaired) electrons. The van der Waals surface area contributed by atoms with E-state index >= 15 is 0 Å². The van der Waals surface area contributed by atoms with Crippen LogP contribution in [-0.2, 0) is 4.74 Å². The van der Waals surface area contributed by atoms with Crippen LogP contribution in [0.4, 0.5) is 9.59 Å². The molecule has 2 N–H and O–H groups in total. The average Bonchev–Trinajstić information content (AvgIpc) is 2.03. The Morgan fingerprint density at radius 1 is 1.50 bits per heavy atom. The van der Waals surface area contributed by atoms with E-state index in [2.05, 4.69) is 10.2 Å². The van der Waals surface area contributed by atoms with Gasteiger partial charge in [0.05, 0.1) is 6.61 Å². The zero-order valence-corrected chi connectivity index (χ0v) is 7.38. The minimum Gasteiger partial charge on any atom is -0.450 e. The van der Waals surface area contributed by atoms with E-state index in [1.54, 1.807) is 14.0 Å². The Labute approximate surface area is 70.8 Å². The Morgan fingerprint density at radius 2 is 2.08 bits per heavy atom. The van der Waals surface area contributed by atoms with Crippen LogP contribution in [0.1, 0.15) is 6.92 Å². The molecule has 0 aromatic carbocycles. The molecule has 0 bridgehead atoms. The van der Waals surface area contributed by atoms with Gasteiger partial charge in [-0.05, 0) is 6.92 Å². The van der Waals surface area contributed by atoms with E-state index < -0.39 is 12.1 Å². The van der Waals surface area contributed by atoms with Crippen molar-refractivity contribution in [1.82, 2.24) is 15.8 Å². The van der Waals surface area contributed by atoms with E-state index in [1.165, 1.54) is 7.05 Å². The second-order valence-electron chi connectivity index (χ2n) is 1.93. The van der Waals surface area contributed by atoms with Crippen LogP contribution in [0.5, 0.6) is 0 Å². The van der Waals surface area contributed by atoms with Crippen molar-refractivity contribution in [2.75, 3.05) is 20.7 Å². The Hall–Kier alpha value is -1.30. The average molecular weight is 175 g/mol. The highest BCUT2D eigenvalue weighted by Crippen LogP contribution is 1.80. The van der Waals surface area contributed by atoms with Crippen molar-refractivity contribution < 1.29 is 14.3 Å². The van der Waals surface area contributed by atoms with Crippen molar-refractivity contribution in [2.45, 2.75) is 6.92 Å². The van der Waals surface area contributed by atoms with Crippen LogP contribution in [0.2, 0.25) is 0 Å². The summed E-state index contributed by atoms with van der Waals surface area (Å²) in [4.78, 5) is 21.6. The molecule has 0 saturated carbocycles. The summed E-state index contributed by atoms with van der Waals surface area (Å²) < 4.78 is 4.48. The molecular weight excluding hydrogens is 162 g/mol. The first kappa shape index (κ1) is 10.7. The minimum absolute atomic E-state index is 0.238.